The molecule has 0 bridgehead atoms. The highest BCUT2D eigenvalue weighted by Crippen LogP contribution is 2.27. The first-order chi connectivity index (χ1) is 14.1. The Kier molecular flexibility index (Phi) is 5.40. The minimum Gasteiger partial charge on any atom is -0.324 e. The van der Waals surface area contributed by atoms with E-state index in [-0.39, 0.29) is 24.9 Å². The Morgan fingerprint density at radius 3 is 2.55 bits per heavy atom. The number of benzene rings is 3. The fraction of sp³-hybridized carbons (Fsp3) is 0.0870. The lowest BCUT2D eigenvalue weighted by atomic mass is 10.0. The molecule has 1 aliphatic rings. The largest absolute Gasteiger partial charge is 0.324 e. The zero-order valence-electron chi connectivity index (χ0n) is 15.5. The van der Waals surface area contributed by atoms with Gasteiger partial charge in [-0.05, 0) is 24.3 Å². The van der Waals surface area contributed by atoms with Crippen LogP contribution in [0.5, 0.6) is 0 Å². The van der Waals surface area contributed by atoms with Crippen LogP contribution in [-0.4, -0.2) is 30.6 Å². The van der Waals surface area contributed by atoms with Gasteiger partial charge in [0.2, 0.25) is 11.8 Å². The number of amides is 2. The number of anilines is 2. The van der Waals surface area contributed by atoms with Gasteiger partial charge >= 0.3 is 0 Å². The van der Waals surface area contributed by atoms with Crippen LogP contribution in [0.2, 0.25) is 5.02 Å². The molecule has 0 unspecified atom stereocenters. The maximum atomic E-state index is 12.8. The van der Waals surface area contributed by atoms with Crippen LogP contribution in [0.15, 0.2) is 83.9 Å². The number of nitrogens with zero attached hydrogens (tertiary/aromatic N) is 2. The van der Waals surface area contributed by atoms with Crippen molar-refractivity contribution in [1.82, 2.24) is 0 Å². The van der Waals surface area contributed by atoms with Crippen LogP contribution in [0.25, 0.3) is 0 Å². The minimum atomic E-state index is -0.307. The smallest absolute Gasteiger partial charge is 0.249 e. The molecule has 144 valence electrons. The zero-order chi connectivity index (χ0) is 20.2. The summed E-state index contributed by atoms with van der Waals surface area (Å²) in [6, 6.07) is 24.1. The maximum Gasteiger partial charge on any atom is 0.249 e. The van der Waals surface area contributed by atoms with Crippen LogP contribution in [0.3, 0.4) is 0 Å². The van der Waals surface area contributed by atoms with E-state index in [2.05, 4.69) is 10.3 Å². The Balaban J connectivity index is 1.63. The minimum absolute atomic E-state index is 0.0245. The fourth-order valence-corrected chi connectivity index (χ4v) is 3.48. The van der Waals surface area contributed by atoms with Crippen LogP contribution in [0.1, 0.15) is 11.1 Å². The van der Waals surface area contributed by atoms with Gasteiger partial charge in [0.1, 0.15) is 13.1 Å². The van der Waals surface area contributed by atoms with Crippen LogP contribution in [-0.2, 0) is 9.59 Å². The van der Waals surface area contributed by atoms with Gasteiger partial charge in [-0.3, -0.25) is 14.6 Å². The van der Waals surface area contributed by atoms with E-state index in [1.807, 2.05) is 54.6 Å². The van der Waals surface area contributed by atoms with Gasteiger partial charge in [-0.2, -0.15) is 0 Å². The van der Waals surface area contributed by atoms with Crippen LogP contribution >= 0.6 is 11.6 Å². The van der Waals surface area contributed by atoms with Gasteiger partial charge in [0, 0.05) is 21.8 Å². The van der Waals surface area contributed by atoms with Crippen molar-refractivity contribution in [3.63, 3.8) is 0 Å². The molecule has 0 aliphatic carbocycles. The number of benzodiazepines with no additional fused rings is 1. The van der Waals surface area contributed by atoms with Crippen molar-refractivity contribution in [3.8, 4) is 0 Å². The summed E-state index contributed by atoms with van der Waals surface area (Å²) in [7, 11) is 0. The summed E-state index contributed by atoms with van der Waals surface area (Å²) in [5, 5.41) is 3.32. The molecule has 0 radical (unpaired) electrons. The van der Waals surface area contributed by atoms with E-state index < -0.39 is 0 Å². The monoisotopic (exact) mass is 403 g/mol. The lowest BCUT2D eigenvalue weighted by Crippen LogP contribution is -2.39. The third-order valence-corrected chi connectivity index (χ3v) is 4.82. The Morgan fingerprint density at radius 2 is 1.76 bits per heavy atom. The molecule has 3 aromatic carbocycles. The highest BCUT2D eigenvalue weighted by molar-refractivity contribution is 6.31. The Morgan fingerprint density at radius 1 is 1.00 bits per heavy atom. The van der Waals surface area contributed by atoms with Crippen molar-refractivity contribution in [1.29, 1.82) is 0 Å². The van der Waals surface area contributed by atoms with Gasteiger partial charge in [-0.25, -0.2) is 0 Å². The molecule has 2 amide bonds. The van der Waals surface area contributed by atoms with Crippen molar-refractivity contribution in [2.24, 2.45) is 4.99 Å². The molecule has 0 aromatic heterocycles. The van der Waals surface area contributed by atoms with Crippen LogP contribution in [0, 0.1) is 0 Å². The lowest BCUT2D eigenvalue weighted by Gasteiger charge is -2.22. The quantitative estimate of drug-likeness (QED) is 0.710. The first-order valence-electron chi connectivity index (χ1n) is 9.17. The highest BCUT2D eigenvalue weighted by atomic mass is 35.5. The van der Waals surface area contributed by atoms with Crippen molar-refractivity contribution < 1.29 is 9.59 Å². The molecule has 1 N–H and O–H groups in total. The average Bonchev–Trinajstić information content (AvgIpc) is 2.86. The predicted octanol–water partition coefficient (Wildman–Crippen LogP) is 4.16. The van der Waals surface area contributed by atoms with Gasteiger partial charge in [0.15, 0.2) is 0 Å². The molecule has 1 aliphatic heterocycles. The number of para-hydroxylation sites is 1. The molecular formula is C23H18ClN3O2. The van der Waals surface area contributed by atoms with E-state index in [4.69, 9.17) is 11.6 Å². The van der Waals surface area contributed by atoms with Gasteiger partial charge in [0.25, 0.3) is 0 Å². The first kappa shape index (κ1) is 18.9. The first-order valence-corrected chi connectivity index (χ1v) is 9.54. The number of aliphatic imine (C=N–C) groups is 1. The second kappa shape index (κ2) is 8.29. The van der Waals surface area contributed by atoms with E-state index >= 15 is 0 Å². The molecule has 1 heterocycles. The molecule has 4 rings (SSSR count). The number of carbonyl (C=O) groups excluding carboxylic acids is 2. The highest BCUT2D eigenvalue weighted by Gasteiger charge is 2.26. The SMILES string of the molecule is O=C(CN1C(=O)CN=C(c2ccccc2)c2ccccc21)Nc1cccc(Cl)c1. The standard InChI is InChI=1S/C23H18ClN3O2/c24-17-9-6-10-18(13-17)26-21(28)15-27-20-12-5-4-11-19(20)23(25-14-22(27)29)16-7-2-1-3-8-16/h1-13H,14-15H2,(H,26,28). The molecule has 0 fully saturated rings. The van der Waals surface area contributed by atoms with E-state index in [9.17, 15) is 9.59 Å². The third kappa shape index (κ3) is 4.20. The summed E-state index contributed by atoms with van der Waals surface area (Å²) in [5.74, 6) is -0.539. The van der Waals surface area contributed by atoms with Crippen LogP contribution < -0.4 is 10.2 Å². The molecule has 0 saturated carbocycles. The third-order valence-electron chi connectivity index (χ3n) is 4.58. The van der Waals surface area contributed by atoms with Gasteiger partial charge < -0.3 is 10.2 Å². The van der Waals surface area contributed by atoms with Crippen molar-refractivity contribution >= 4 is 40.5 Å². The van der Waals surface area contributed by atoms with E-state index in [0.29, 0.717) is 16.4 Å². The molecular weight excluding hydrogens is 386 g/mol. The summed E-state index contributed by atoms with van der Waals surface area (Å²) >= 11 is 5.98. The maximum absolute atomic E-state index is 12.8. The predicted molar refractivity (Wildman–Crippen MR) is 116 cm³/mol. The molecule has 0 spiro atoms. The molecule has 6 heteroatoms. The molecule has 5 nitrogen and oxygen atoms in total. The number of hydrogen-bond donors (Lipinski definition) is 1. The number of nitrogens with one attached hydrogen (secondary N) is 1. The summed E-state index contributed by atoms with van der Waals surface area (Å²) in [4.78, 5) is 31.5. The Bertz CT molecular complexity index is 1100. The Labute approximate surface area is 173 Å². The topological polar surface area (TPSA) is 61.8 Å². The lowest BCUT2D eigenvalue weighted by molar-refractivity contribution is -0.120. The summed E-state index contributed by atoms with van der Waals surface area (Å²) in [5.41, 5.74) is 3.74. The zero-order valence-corrected chi connectivity index (χ0v) is 16.3. The van der Waals surface area contributed by atoms with Crippen LogP contribution in [0.4, 0.5) is 11.4 Å². The van der Waals surface area contributed by atoms with Gasteiger partial charge in [0.05, 0.1) is 11.4 Å². The molecule has 29 heavy (non-hydrogen) atoms. The van der Waals surface area contributed by atoms with Gasteiger partial charge in [-0.15, -0.1) is 0 Å². The number of rotatable bonds is 4. The molecule has 0 saturated heterocycles. The number of fused-ring (bicyclic) bond motifs is 1. The van der Waals surface area contributed by atoms with E-state index in [0.717, 1.165) is 16.8 Å². The van der Waals surface area contributed by atoms with Crippen molar-refractivity contribution in [2.75, 3.05) is 23.3 Å². The van der Waals surface area contributed by atoms with E-state index in [1.165, 1.54) is 4.90 Å². The number of carbonyl (C=O) groups is 2. The fourth-order valence-electron chi connectivity index (χ4n) is 3.29. The van der Waals surface area contributed by atoms with Gasteiger partial charge in [-0.1, -0.05) is 66.2 Å². The molecule has 0 atom stereocenters. The summed E-state index contributed by atoms with van der Waals surface area (Å²) in [6.07, 6.45) is 0. The number of hydrogen-bond acceptors (Lipinski definition) is 3. The normalized spacial score (nSPS) is 13.3. The number of halogens is 1. The second-order valence-corrected chi connectivity index (χ2v) is 7.02. The average molecular weight is 404 g/mol. The molecule has 3 aromatic rings. The van der Waals surface area contributed by atoms with Crippen molar-refractivity contribution in [3.05, 3.63) is 95.0 Å². The summed E-state index contributed by atoms with van der Waals surface area (Å²) < 4.78 is 0. The second-order valence-electron chi connectivity index (χ2n) is 6.59. The Hall–Kier alpha value is -3.44. The van der Waals surface area contributed by atoms with Crippen molar-refractivity contribution in [2.45, 2.75) is 0 Å². The summed E-state index contributed by atoms with van der Waals surface area (Å²) in [6.45, 7) is -0.136. The van der Waals surface area contributed by atoms with E-state index in [1.54, 1.807) is 24.3 Å².